The number of allylic oxidation sites excluding steroid dienone is 2. The average Bonchev–Trinajstić information content (AvgIpc) is 3.04. The van der Waals surface area contributed by atoms with Gasteiger partial charge in [-0.15, -0.1) is 0 Å². The van der Waals surface area contributed by atoms with Crippen molar-refractivity contribution in [2.24, 2.45) is 5.92 Å². The maximum Gasteiger partial charge on any atom is 0.123 e. The number of benzene rings is 2. The van der Waals surface area contributed by atoms with Gasteiger partial charge in [-0.2, -0.15) is 0 Å². The molecule has 0 spiro atoms. The van der Waals surface area contributed by atoms with Crippen LogP contribution in [0.1, 0.15) is 39.9 Å². The van der Waals surface area contributed by atoms with Crippen LogP contribution < -0.4 is 10.4 Å². The van der Waals surface area contributed by atoms with Gasteiger partial charge in [-0.05, 0) is 47.2 Å². The minimum Gasteiger partial charge on any atom is -0.545 e. The van der Waals surface area contributed by atoms with Crippen LogP contribution in [0.3, 0.4) is 0 Å². The van der Waals surface area contributed by atoms with Crippen LogP contribution in [0.5, 0.6) is 0 Å². The molecule has 0 radical (unpaired) electrons. The van der Waals surface area contributed by atoms with Gasteiger partial charge in [0.15, 0.2) is 0 Å². The van der Waals surface area contributed by atoms with Crippen molar-refractivity contribution in [3.05, 3.63) is 77.1 Å². The number of hydrogen-bond acceptors (Lipinski definition) is 3. The molecular formula is C19H15FNO2-. The molecular weight excluding hydrogens is 293 g/mol. The lowest BCUT2D eigenvalue weighted by Gasteiger charge is -2.37. The third-order valence-corrected chi connectivity index (χ3v) is 4.83. The van der Waals surface area contributed by atoms with E-state index >= 15 is 0 Å². The van der Waals surface area contributed by atoms with E-state index in [0.717, 1.165) is 23.2 Å². The lowest BCUT2D eigenvalue weighted by molar-refractivity contribution is -0.255. The van der Waals surface area contributed by atoms with Crippen molar-refractivity contribution in [3.63, 3.8) is 0 Å². The van der Waals surface area contributed by atoms with Gasteiger partial charge in [0, 0.05) is 11.6 Å². The Morgan fingerprint density at radius 3 is 2.70 bits per heavy atom. The molecule has 3 atom stereocenters. The lowest BCUT2D eigenvalue weighted by atomic mass is 9.77. The van der Waals surface area contributed by atoms with Crippen LogP contribution in [0.2, 0.25) is 0 Å². The normalized spacial score (nSPS) is 24.7. The maximum atomic E-state index is 13.6. The highest BCUT2D eigenvalue weighted by atomic mass is 19.1. The van der Waals surface area contributed by atoms with Crippen molar-refractivity contribution in [3.8, 4) is 0 Å². The van der Waals surface area contributed by atoms with E-state index in [4.69, 9.17) is 0 Å². The Morgan fingerprint density at radius 2 is 1.96 bits per heavy atom. The first-order valence-corrected chi connectivity index (χ1v) is 7.67. The van der Waals surface area contributed by atoms with Gasteiger partial charge in [-0.25, -0.2) is 4.39 Å². The zero-order chi connectivity index (χ0) is 16.0. The summed E-state index contributed by atoms with van der Waals surface area (Å²) in [5, 5.41) is 14.4. The molecule has 4 rings (SSSR count). The molecule has 1 aliphatic heterocycles. The van der Waals surface area contributed by atoms with Crippen molar-refractivity contribution in [1.29, 1.82) is 0 Å². The molecule has 1 heterocycles. The van der Waals surface area contributed by atoms with Gasteiger partial charge in [0.2, 0.25) is 0 Å². The lowest BCUT2D eigenvalue weighted by Crippen LogP contribution is -2.29. The minimum atomic E-state index is -1.17. The highest BCUT2D eigenvalue weighted by Crippen LogP contribution is 2.49. The summed E-state index contributed by atoms with van der Waals surface area (Å²) in [5.74, 6) is -0.901. The topological polar surface area (TPSA) is 52.2 Å². The van der Waals surface area contributed by atoms with E-state index in [0.29, 0.717) is 5.92 Å². The Labute approximate surface area is 133 Å². The molecule has 0 fully saturated rings. The second-order valence-electron chi connectivity index (χ2n) is 6.12. The Balaban J connectivity index is 1.73. The predicted molar refractivity (Wildman–Crippen MR) is 83.5 cm³/mol. The quantitative estimate of drug-likeness (QED) is 0.868. The van der Waals surface area contributed by atoms with Gasteiger partial charge >= 0.3 is 0 Å². The van der Waals surface area contributed by atoms with Crippen LogP contribution in [-0.4, -0.2) is 5.97 Å². The largest absolute Gasteiger partial charge is 0.545 e. The summed E-state index contributed by atoms with van der Waals surface area (Å²) in [7, 11) is 0. The van der Waals surface area contributed by atoms with E-state index in [2.05, 4.69) is 17.5 Å². The molecule has 0 saturated heterocycles. The number of fused-ring (bicyclic) bond motifs is 3. The SMILES string of the molecule is O=C([O-])c1ccc([C@H]2Nc3ccc(F)cc3[C@@H]3C=CC[C@@H]23)cc1. The molecule has 23 heavy (non-hydrogen) atoms. The van der Waals surface area contributed by atoms with Crippen LogP contribution >= 0.6 is 0 Å². The van der Waals surface area contributed by atoms with E-state index in [1.165, 1.54) is 6.07 Å². The van der Waals surface area contributed by atoms with Crippen LogP contribution in [0.15, 0.2) is 54.6 Å². The standard InChI is InChI=1S/C19H16FNO2/c20-13-8-9-17-16(10-13)14-2-1-3-15(14)18(21-17)11-4-6-12(7-5-11)19(22)23/h1-2,4-10,14-15,18,21H,3H2,(H,22,23)/p-1/t14-,15-,18-/m1/s1. The van der Waals surface area contributed by atoms with Crippen LogP contribution in [0.4, 0.5) is 10.1 Å². The minimum absolute atomic E-state index is 0.0729. The molecule has 4 heteroatoms. The molecule has 3 nitrogen and oxygen atoms in total. The fraction of sp³-hybridized carbons (Fsp3) is 0.211. The zero-order valence-corrected chi connectivity index (χ0v) is 12.3. The molecule has 0 bridgehead atoms. The number of carbonyl (C=O) groups is 1. The van der Waals surface area contributed by atoms with Gasteiger partial charge in [0.05, 0.1) is 12.0 Å². The summed E-state index contributed by atoms with van der Waals surface area (Å²) in [6.07, 6.45) is 5.20. The average molecular weight is 308 g/mol. The Kier molecular flexibility index (Phi) is 3.18. The fourth-order valence-electron chi connectivity index (χ4n) is 3.72. The van der Waals surface area contributed by atoms with Gasteiger partial charge in [-0.3, -0.25) is 0 Å². The fourth-order valence-corrected chi connectivity index (χ4v) is 3.72. The zero-order valence-electron chi connectivity index (χ0n) is 12.3. The Bertz CT molecular complexity index is 798. The summed E-state index contributed by atoms with van der Waals surface area (Å²) in [5.41, 5.74) is 3.14. The number of anilines is 1. The third-order valence-electron chi connectivity index (χ3n) is 4.83. The molecule has 0 aromatic heterocycles. The van der Waals surface area contributed by atoms with Crippen LogP contribution in [0, 0.1) is 11.7 Å². The molecule has 0 amide bonds. The molecule has 2 aromatic rings. The first-order valence-electron chi connectivity index (χ1n) is 7.67. The monoisotopic (exact) mass is 308 g/mol. The summed E-state index contributed by atoms with van der Waals surface area (Å²) in [6.45, 7) is 0. The molecule has 1 N–H and O–H groups in total. The molecule has 2 aromatic carbocycles. The number of carboxylic acids is 1. The number of nitrogens with one attached hydrogen (secondary N) is 1. The van der Waals surface area contributed by atoms with Gasteiger partial charge in [-0.1, -0.05) is 36.4 Å². The Morgan fingerprint density at radius 1 is 1.17 bits per heavy atom. The second-order valence-corrected chi connectivity index (χ2v) is 6.12. The smallest absolute Gasteiger partial charge is 0.123 e. The number of rotatable bonds is 2. The van der Waals surface area contributed by atoms with Crippen molar-refractivity contribution >= 4 is 11.7 Å². The predicted octanol–water partition coefficient (Wildman–Crippen LogP) is 3.02. The first-order chi connectivity index (χ1) is 11.1. The number of carbonyl (C=O) groups excluding carboxylic acids is 1. The molecule has 1 aliphatic carbocycles. The Hall–Kier alpha value is -2.62. The number of carboxylic acid groups (broad SMARTS) is 1. The van der Waals surface area contributed by atoms with E-state index in [9.17, 15) is 14.3 Å². The summed E-state index contributed by atoms with van der Waals surface area (Å²) >= 11 is 0. The first kappa shape index (κ1) is 14.0. The number of halogens is 1. The number of hydrogen-bond donors (Lipinski definition) is 1. The third kappa shape index (κ3) is 2.31. The highest BCUT2D eigenvalue weighted by molar-refractivity contribution is 5.85. The molecule has 0 unspecified atom stereocenters. The van der Waals surface area contributed by atoms with Crippen LogP contribution in [-0.2, 0) is 0 Å². The van der Waals surface area contributed by atoms with E-state index in [1.807, 2.05) is 12.1 Å². The van der Waals surface area contributed by atoms with E-state index < -0.39 is 5.97 Å². The van der Waals surface area contributed by atoms with Crippen molar-refractivity contribution in [1.82, 2.24) is 0 Å². The van der Waals surface area contributed by atoms with Crippen molar-refractivity contribution in [2.45, 2.75) is 18.4 Å². The summed E-state index contributed by atoms with van der Waals surface area (Å²) in [4.78, 5) is 10.9. The molecule has 0 saturated carbocycles. The van der Waals surface area contributed by atoms with Crippen molar-refractivity contribution in [2.75, 3.05) is 5.32 Å². The van der Waals surface area contributed by atoms with E-state index in [-0.39, 0.29) is 23.3 Å². The highest BCUT2D eigenvalue weighted by Gasteiger charge is 2.37. The summed E-state index contributed by atoms with van der Waals surface area (Å²) in [6, 6.07) is 11.7. The maximum absolute atomic E-state index is 13.6. The van der Waals surface area contributed by atoms with E-state index in [1.54, 1.807) is 24.3 Å². The van der Waals surface area contributed by atoms with Gasteiger partial charge in [0.25, 0.3) is 0 Å². The molecule has 2 aliphatic rings. The molecule has 116 valence electrons. The van der Waals surface area contributed by atoms with Crippen LogP contribution in [0.25, 0.3) is 0 Å². The van der Waals surface area contributed by atoms with Gasteiger partial charge in [0.1, 0.15) is 5.82 Å². The van der Waals surface area contributed by atoms with Gasteiger partial charge < -0.3 is 15.2 Å². The summed E-state index contributed by atoms with van der Waals surface area (Å²) < 4.78 is 13.6. The van der Waals surface area contributed by atoms with Crippen molar-refractivity contribution < 1.29 is 14.3 Å². The second kappa shape index (κ2) is 5.23. The number of aromatic carboxylic acids is 1.